The van der Waals surface area contributed by atoms with Crippen LogP contribution in [0, 0.1) is 17.1 Å². The van der Waals surface area contributed by atoms with E-state index in [1.54, 1.807) is 43.4 Å². The molecule has 2 aromatic carbocycles. The van der Waals surface area contributed by atoms with E-state index < -0.39 is 0 Å². The van der Waals surface area contributed by atoms with Crippen LogP contribution in [0.4, 0.5) is 4.39 Å². The first-order valence-electron chi connectivity index (χ1n) is 6.70. The van der Waals surface area contributed by atoms with Crippen LogP contribution in [0.15, 0.2) is 48.5 Å². The van der Waals surface area contributed by atoms with Gasteiger partial charge in [-0.1, -0.05) is 12.1 Å². The lowest BCUT2D eigenvalue weighted by Gasteiger charge is -2.17. The third-order valence-corrected chi connectivity index (χ3v) is 3.10. The van der Waals surface area contributed by atoms with E-state index in [1.165, 1.54) is 17.0 Å². The standard InChI is InChI=1S/C17H15FN2O2/c1-20(11-14-2-6-15(18)7-3-14)17(21)12-22-16-8-4-13(10-19)5-9-16/h2-9H,11-12H2,1H3. The lowest BCUT2D eigenvalue weighted by atomic mass is 10.2. The molecule has 0 aliphatic carbocycles. The Hall–Kier alpha value is -2.87. The molecule has 22 heavy (non-hydrogen) atoms. The van der Waals surface area contributed by atoms with Crippen LogP contribution in [0.2, 0.25) is 0 Å². The van der Waals surface area contributed by atoms with Crippen molar-refractivity contribution >= 4 is 5.91 Å². The van der Waals surface area contributed by atoms with Crippen LogP contribution in [0.25, 0.3) is 0 Å². The molecule has 0 fully saturated rings. The Bertz CT molecular complexity index is 675. The van der Waals surface area contributed by atoms with E-state index in [9.17, 15) is 9.18 Å². The number of carbonyl (C=O) groups is 1. The summed E-state index contributed by atoms with van der Waals surface area (Å²) in [5.41, 5.74) is 1.38. The summed E-state index contributed by atoms with van der Waals surface area (Å²) >= 11 is 0. The molecule has 0 bridgehead atoms. The third-order valence-electron chi connectivity index (χ3n) is 3.10. The number of carbonyl (C=O) groups excluding carboxylic acids is 1. The Labute approximate surface area is 128 Å². The van der Waals surface area contributed by atoms with Crippen molar-refractivity contribution in [2.75, 3.05) is 13.7 Å². The van der Waals surface area contributed by atoms with Crippen LogP contribution in [-0.4, -0.2) is 24.5 Å². The number of rotatable bonds is 5. The number of nitrogens with zero attached hydrogens (tertiary/aromatic N) is 2. The smallest absolute Gasteiger partial charge is 0.260 e. The van der Waals surface area contributed by atoms with Crippen molar-refractivity contribution in [1.29, 1.82) is 5.26 Å². The monoisotopic (exact) mass is 298 g/mol. The van der Waals surface area contributed by atoms with E-state index >= 15 is 0 Å². The van der Waals surface area contributed by atoms with Crippen LogP contribution < -0.4 is 4.74 Å². The predicted molar refractivity (Wildman–Crippen MR) is 79.5 cm³/mol. The van der Waals surface area contributed by atoms with Gasteiger partial charge in [0.2, 0.25) is 0 Å². The molecule has 0 N–H and O–H groups in total. The van der Waals surface area contributed by atoms with Crippen LogP contribution in [0.1, 0.15) is 11.1 Å². The topological polar surface area (TPSA) is 53.3 Å². The molecule has 5 heteroatoms. The fourth-order valence-corrected chi connectivity index (χ4v) is 1.83. The van der Waals surface area contributed by atoms with Gasteiger partial charge in [0, 0.05) is 13.6 Å². The van der Waals surface area contributed by atoms with Crippen molar-refractivity contribution in [1.82, 2.24) is 4.90 Å². The molecule has 0 saturated carbocycles. The summed E-state index contributed by atoms with van der Waals surface area (Å²) in [6.07, 6.45) is 0. The van der Waals surface area contributed by atoms with Gasteiger partial charge in [-0.2, -0.15) is 5.26 Å². The van der Waals surface area contributed by atoms with Gasteiger partial charge in [-0.05, 0) is 42.0 Å². The molecular formula is C17H15FN2O2. The number of nitriles is 1. The van der Waals surface area contributed by atoms with E-state index in [2.05, 4.69) is 0 Å². The van der Waals surface area contributed by atoms with Crippen molar-refractivity contribution in [3.8, 4) is 11.8 Å². The van der Waals surface area contributed by atoms with E-state index in [-0.39, 0.29) is 18.3 Å². The maximum atomic E-state index is 12.8. The zero-order chi connectivity index (χ0) is 15.9. The molecule has 0 atom stereocenters. The van der Waals surface area contributed by atoms with Crippen molar-refractivity contribution in [3.05, 3.63) is 65.5 Å². The fourth-order valence-electron chi connectivity index (χ4n) is 1.83. The molecule has 0 saturated heterocycles. The van der Waals surface area contributed by atoms with Crippen LogP contribution in [0.3, 0.4) is 0 Å². The van der Waals surface area contributed by atoms with Crippen molar-refractivity contribution in [2.45, 2.75) is 6.54 Å². The highest BCUT2D eigenvalue weighted by atomic mass is 19.1. The maximum Gasteiger partial charge on any atom is 0.260 e. The van der Waals surface area contributed by atoms with Crippen molar-refractivity contribution < 1.29 is 13.9 Å². The highest BCUT2D eigenvalue weighted by Gasteiger charge is 2.10. The van der Waals surface area contributed by atoms with Crippen molar-refractivity contribution in [2.24, 2.45) is 0 Å². The summed E-state index contributed by atoms with van der Waals surface area (Å²) in [5.74, 6) is 0.0399. The summed E-state index contributed by atoms with van der Waals surface area (Å²) in [5, 5.41) is 8.70. The summed E-state index contributed by atoms with van der Waals surface area (Å²) in [6.45, 7) is 0.291. The second-order valence-electron chi connectivity index (χ2n) is 4.80. The van der Waals surface area contributed by atoms with Gasteiger partial charge in [0.15, 0.2) is 6.61 Å². The maximum absolute atomic E-state index is 12.8. The Kier molecular flexibility index (Phi) is 5.10. The molecule has 0 aromatic heterocycles. The Morgan fingerprint density at radius 1 is 1.18 bits per heavy atom. The highest BCUT2D eigenvalue weighted by molar-refractivity contribution is 5.77. The van der Waals surface area contributed by atoms with Gasteiger partial charge in [0.05, 0.1) is 11.6 Å². The molecule has 0 heterocycles. The summed E-state index contributed by atoms with van der Waals surface area (Å²) in [4.78, 5) is 13.5. The normalized spacial score (nSPS) is 9.86. The van der Waals surface area contributed by atoms with E-state index in [1.807, 2.05) is 6.07 Å². The molecule has 0 aliphatic heterocycles. The Morgan fingerprint density at radius 3 is 2.41 bits per heavy atom. The second-order valence-corrected chi connectivity index (χ2v) is 4.80. The van der Waals surface area contributed by atoms with Gasteiger partial charge in [-0.25, -0.2) is 4.39 Å². The number of likely N-dealkylation sites (N-methyl/N-ethyl adjacent to an activating group) is 1. The first kappa shape index (κ1) is 15.5. The first-order chi connectivity index (χ1) is 10.6. The minimum absolute atomic E-state index is 0.0937. The van der Waals surface area contributed by atoms with Crippen LogP contribution in [-0.2, 0) is 11.3 Å². The average Bonchev–Trinajstić information content (AvgIpc) is 2.55. The minimum Gasteiger partial charge on any atom is -0.484 e. The first-order valence-corrected chi connectivity index (χ1v) is 6.70. The minimum atomic E-state index is -0.304. The number of hydrogen-bond donors (Lipinski definition) is 0. The van der Waals surface area contributed by atoms with Gasteiger partial charge in [0.1, 0.15) is 11.6 Å². The molecule has 4 nitrogen and oxygen atoms in total. The second kappa shape index (κ2) is 7.23. The Morgan fingerprint density at radius 2 is 1.82 bits per heavy atom. The number of ether oxygens (including phenoxy) is 1. The quantitative estimate of drug-likeness (QED) is 0.853. The zero-order valence-electron chi connectivity index (χ0n) is 12.1. The lowest BCUT2D eigenvalue weighted by Crippen LogP contribution is -2.30. The largest absolute Gasteiger partial charge is 0.484 e. The van der Waals surface area contributed by atoms with E-state index in [0.29, 0.717) is 17.9 Å². The Balaban J connectivity index is 1.85. The van der Waals surface area contributed by atoms with Gasteiger partial charge in [-0.15, -0.1) is 0 Å². The van der Waals surface area contributed by atoms with Gasteiger partial charge in [0.25, 0.3) is 5.91 Å². The SMILES string of the molecule is CN(Cc1ccc(F)cc1)C(=O)COc1ccc(C#N)cc1. The van der Waals surface area contributed by atoms with Gasteiger partial charge >= 0.3 is 0 Å². The average molecular weight is 298 g/mol. The zero-order valence-corrected chi connectivity index (χ0v) is 12.1. The van der Waals surface area contributed by atoms with Crippen molar-refractivity contribution in [3.63, 3.8) is 0 Å². The molecule has 2 aromatic rings. The van der Waals surface area contributed by atoms with Crippen LogP contribution in [0.5, 0.6) is 5.75 Å². The molecule has 0 spiro atoms. The molecule has 0 radical (unpaired) electrons. The lowest BCUT2D eigenvalue weighted by molar-refractivity contribution is -0.132. The summed E-state index contributed by atoms with van der Waals surface area (Å²) < 4.78 is 18.2. The number of hydrogen-bond acceptors (Lipinski definition) is 3. The number of halogens is 1. The van der Waals surface area contributed by atoms with Gasteiger partial charge in [-0.3, -0.25) is 4.79 Å². The highest BCUT2D eigenvalue weighted by Crippen LogP contribution is 2.12. The predicted octanol–water partition coefficient (Wildman–Crippen LogP) is 2.73. The van der Waals surface area contributed by atoms with Crippen LogP contribution >= 0.6 is 0 Å². The molecule has 2 rings (SSSR count). The molecular weight excluding hydrogens is 283 g/mol. The third kappa shape index (κ3) is 4.32. The van der Waals surface area contributed by atoms with E-state index in [4.69, 9.17) is 10.00 Å². The number of benzene rings is 2. The molecule has 0 aliphatic rings. The summed E-state index contributed by atoms with van der Waals surface area (Å²) in [7, 11) is 1.66. The molecule has 1 amide bonds. The molecule has 0 unspecified atom stereocenters. The number of amides is 1. The summed E-state index contributed by atoms with van der Waals surface area (Å²) in [6, 6.07) is 14.6. The van der Waals surface area contributed by atoms with E-state index in [0.717, 1.165) is 5.56 Å². The fraction of sp³-hybridized carbons (Fsp3) is 0.176. The molecule has 112 valence electrons. The van der Waals surface area contributed by atoms with Gasteiger partial charge < -0.3 is 9.64 Å².